The number of hydrogen-bond acceptors (Lipinski definition) is 3. The average Bonchev–Trinajstić information content (AvgIpc) is 3.04. The number of benzene rings is 2. The molecule has 3 N–H and O–H groups in total. The Bertz CT molecular complexity index is 759. The lowest BCUT2D eigenvalue weighted by Crippen LogP contribution is -2.36. The molecule has 2 aromatic carbocycles. The van der Waals surface area contributed by atoms with Crippen molar-refractivity contribution in [2.24, 2.45) is 0 Å². The minimum atomic E-state index is -0.512. The number of anilines is 1. The largest absolute Gasteiger partial charge is 0.453 e. The van der Waals surface area contributed by atoms with E-state index in [9.17, 15) is 9.59 Å². The number of rotatable bonds is 4. The van der Waals surface area contributed by atoms with E-state index in [0.29, 0.717) is 12.2 Å². The first-order valence-electron chi connectivity index (χ1n) is 8.22. The Hall–Kier alpha value is -3.02. The second-order valence-corrected chi connectivity index (χ2v) is 5.93. The van der Waals surface area contributed by atoms with Crippen molar-refractivity contribution in [3.63, 3.8) is 0 Å². The first-order valence-corrected chi connectivity index (χ1v) is 8.22. The van der Waals surface area contributed by atoms with E-state index in [1.807, 2.05) is 24.3 Å². The third-order valence-electron chi connectivity index (χ3n) is 4.28. The van der Waals surface area contributed by atoms with Crippen molar-refractivity contribution in [1.82, 2.24) is 10.6 Å². The van der Waals surface area contributed by atoms with Crippen molar-refractivity contribution in [2.45, 2.75) is 25.4 Å². The Kier molecular flexibility index (Phi) is 5.18. The number of fused-ring (bicyclic) bond motifs is 1. The molecule has 0 aromatic heterocycles. The van der Waals surface area contributed by atoms with E-state index in [1.165, 1.54) is 18.2 Å². The fourth-order valence-corrected chi connectivity index (χ4v) is 2.97. The predicted molar refractivity (Wildman–Crippen MR) is 95.3 cm³/mol. The average molecular weight is 339 g/mol. The van der Waals surface area contributed by atoms with Crippen LogP contribution in [0.3, 0.4) is 0 Å². The number of methoxy groups -OCH3 is 1. The van der Waals surface area contributed by atoms with Crippen molar-refractivity contribution in [2.75, 3.05) is 12.4 Å². The highest BCUT2D eigenvalue weighted by molar-refractivity contribution is 5.84. The van der Waals surface area contributed by atoms with Crippen molar-refractivity contribution in [1.29, 1.82) is 0 Å². The minimum absolute atomic E-state index is 0.0721. The van der Waals surface area contributed by atoms with E-state index in [2.05, 4.69) is 32.8 Å². The van der Waals surface area contributed by atoms with Gasteiger partial charge in [-0.25, -0.2) is 9.59 Å². The smallest absolute Gasteiger partial charge is 0.411 e. The summed E-state index contributed by atoms with van der Waals surface area (Å²) in [5.41, 5.74) is 4.09. The maximum absolute atomic E-state index is 12.1. The van der Waals surface area contributed by atoms with Crippen LogP contribution in [-0.4, -0.2) is 19.2 Å². The molecule has 1 aliphatic carbocycles. The zero-order valence-electron chi connectivity index (χ0n) is 14.0. The summed E-state index contributed by atoms with van der Waals surface area (Å²) in [5.74, 6) is 0. The molecule has 2 aromatic rings. The van der Waals surface area contributed by atoms with Gasteiger partial charge in [-0.2, -0.15) is 0 Å². The lowest BCUT2D eigenvalue weighted by molar-refractivity contribution is 0.187. The molecule has 1 aliphatic rings. The molecule has 6 heteroatoms. The maximum atomic E-state index is 12.1. The van der Waals surface area contributed by atoms with Crippen molar-refractivity contribution >= 4 is 17.8 Å². The van der Waals surface area contributed by atoms with Gasteiger partial charge in [0.2, 0.25) is 0 Å². The van der Waals surface area contributed by atoms with Gasteiger partial charge in [-0.3, -0.25) is 5.32 Å². The standard InChI is InChI=1S/C19H21N3O3/c1-25-19(24)21-15-9-6-13(7-10-15)12-20-18(23)22-17-11-8-14-4-2-3-5-16(14)17/h2-7,9-10,17H,8,11-12H2,1H3,(H,21,24)(H2,20,22,23). The molecule has 130 valence electrons. The van der Waals surface area contributed by atoms with E-state index >= 15 is 0 Å². The van der Waals surface area contributed by atoms with Gasteiger partial charge in [0.25, 0.3) is 0 Å². The van der Waals surface area contributed by atoms with E-state index in [1.54, 1.807) is 12.1 Å². The molecular weight excluding hydrogens is 318 g/mol. The summed E-state index contributed by atoms with van der Waals surface area (Å²) in [6, 6.07) is 15.3. The number of amides is 3. The summed E-state index contributed by atoms with van der Waals surface area (Å²) in [5, 5.41) is 8.47. The van der Waals surface area contributed by atoms with Gasteiger partial charge in [-0.1, -0.05) is 36.4 Å². The SMILES string of the molecule is COC(=O)Nc1ccc(CNC(=O)NC2CCc3ccccc32)cc1. The van der Waals surface area contributed by atoms with Gasteiger partial charge in [0.15, 0.2) is 0 Å². The van der Waals surface area contributed by atoms with Crippen LogP contribution in [0.5, 0.6) is 0 Å². The first-order chi connectivity index (χ1) is 12.2. The van der Waals surface area contributed by atoms with Gasteiger partial charge in [0.1, 0.15) is 0 Å². The highest BCUT2D eigenvalue weighted by atomic mass is 16.5. The number of aryl methyl sites for hydroxylation is 1. The molecule has 3 amide bonds. The van der Waals surface area contributed by atoms with Gasteiger partial charge in [-0.05, 0) is 41.7 Å². The number of urea groups is 1. The summed E-state index contributed by atoms with van der Waals surface area (Å²) >= 11 is 0. The van der Waals surface area contributed by atoms with Gasteiger partial charge < -0.3 is 15.4 Å². The second kappa shape index (κ2) is 7.70. The third kappa shape index (κ3) is 4.29. The van der Waals surface area contributed by atoms with Crippen LogP contribution < -0.4 is 16.0 Å². The quantitative estimate of drug-likeness (QED) is 0.799. The molecule has 0 fully saturated rings. The van der Waals surface area contributed by atoms with Crippen LogP contribution in [-0.2, 0) is 17.7 Å². The lowest BCUT2D eigenvalue weighted by atomic mass is 10.1. The Balaban J connectivity index is 1.49. The lowest BCUT2D eigenvalue weighted by Gasteiger charge is -2.15. The molecule has 0 radical (unpaired) electrons. The van der Waals surface area contributed by atoms with Gasteiger partial charge in [0, 0.05) is 12.2 Å². The molecule has 3 rings (SSSR count). The maximum Gasteiger partial charge on any atom is 0.411 e. The zero-order valence-corrected chi connectivity index (χ0v) is 14.0. The minimum Gasteiger partial charge on any atom is -0.453 e. The molecule has 1 atom stereocenters. The van der Waals surface area contributed by atoms with E-state index < -0.39 is 6.09 Å². The van der Waals surface area contributed by atoms with Gasteiger partial charge >= 0.3 is 12.1 Å². The van der Waals surface area contributed by atoms with Crippen molar-refractivity contribution in [3.8, 4) is 0 Å². The predicted octanol–water partition coefficient (Wildman–Crippen LogP) is 3.35. The normalized spacial score (nSPS) is 15.2. The van der Waals surface area contributed by atoms with Crippen molar-refractivity contribution < 1.29 is 14.3 Å². The van der Waals surface area contributed by atoms with Crippen LogP contribution in [0.25, 0.3) is 0 Å². The van der Waals surface area contributed by atoms with Gasteiger partial charge in [-0.15, -0.1) is 0 Å². The van der Waals surface area contributed by atoms with Crippen LogP contribution in [0, 0.1) is 0 Å². The Morgan fingerprint density at radius 1 is 1.12 bits per heavy atom. The Morgan fingerprint density at radius 3 is 2.64 bits per heavy atom. The second-order valence-electron chi connectivity index (χ2n) is 5.93. The summed E-state index contributed by atoms with van der Waals surface area (Å²) in [4.78, 5) is 23.3. The van der Waals surface area contributed by atoms with E-state index in [4.69, 9.17) is 0 Å². The number of nitrogens with one attached hydrogen (secondary N) is 3. The fraction of sp³-hybridized carbons (Fsp3) is 0.263. The zero-order chi connectivity index (χ0) is 17.6. The molecule has 1 unspecified atom stereocenters. The van der Waals surface area contributed by atoms with E-state index in [0.717, 1.165) is 18.4 Å². The highest BCUT2D eigenvalue weighted by Crippen LogP contribution is 2.30. The molecule has 0 heterocycles. The van der Waals surface area contributed by atoms with Gasteiger partial charge in [0.05, 0.1) is 13.2 Å². The molecule has 0 saturated carbocycles. The van der Waals surface area contributed by atoms with E-state index in [-0.39, 0.29) is 12.1 Å². The monoisotopic (exact) mass is 339 g/mol. The topological polar surface area (TPSA) is 79.5 Å². The molecule has 0 spiro atoms. The van der Waals surface area contributed by atoms with Crippen LogP contribution in [0.15, 0.2) is 48.5 Å². The van der Waals surface area contributed by atoms with Crippen LogP contribution >= 0.6 is 0 Å². The third-order valence-corrected chi connectivity index (χ3v) is 4.28. The summed E-state index contributed by atoms with van der Waals surface area (Å²) in [6.07, 6.45) is 1.42. The highest BCUT2D eigenvalue weighted by Gasteiger charge is 2.23. The van der Waals surface area contributed by atoms with Crippen LogP contribution in [0.4, 0.5) is 15.3 Å². The van der Waals surface area contributed by atoms with Crippen LogP contribution in [0.1, 0.15) is 29.2 Å². The number of carbonyl (C=O) groups excluding carboxylic acids is 2. The first kappa shape index (κ1) is 16.8. The summed E-state index contributed by atoms with van der Waals surface area (Å²) in [7, 11) is 1.31. The molecule has 25 heavy (non-hydrogen) atoms. The summed E-state index contributed by atoms with van der Waals surface area (Å²) < 4.78 is 4.54. The number of carbonyl (C=O) groups is 2. The Morgan fingerprint density at radius 2 is 1.88 bits per heavy atom. The summed E-state index contributed by atoms with van der Waals surface area (Å²) in [6.45, 7) is 0.415. The Labute approximate surface area is 146 Å². The molecule has 0 bridgehead atoms. The van der Waals surface area contributed by atoms with Crippen molar-refractivity contribution in [3.05, 3.63) is 65.2 Å². The molecule has 0 saturated heterocycles. The molecular formula is C19H21N3O3. The molecule has 6 nitrogen and oxygen atoms in total. The fourth-order valence-electron chi connectivity index (χ4n) is 2.97. The molecule has 0 aliphatic heterocycles. The van der Waals surface area contributed by atoms with Crippen LogP contribution in [0.2, 0.25) is 0 Å². The number of ether oxygens (including phenoxy) is 1. The number of hydrogen-bond donors (Lipinski definition) is 3.